The van der Waals surface area contributed by atoms with Crippen LogP contribution in [0.2, 0.25) is 0 Å². The van der Waals surface area contributed by atoms with Crippen molar-refractivity contribution in [3.05, 3.63) is 0 Å². The molecule has 164 valence electrons. The molecule has 0 rings (SSSR count). The summed E-state index contributed by atoms with van der Waals surface area (Å²) < 4.78 is 34.4. The Balaban J connectivity index is 0. The first-order valence-electron chi connectivity index (χ1n) is 11.5. The molecule has 2 atom stereocenters. The number of aliphatic hydroxyl groups excluding tert-OH is 1. The molecule has 0 fully saturated rings. The molecule has 0 bridgehead atoms. The van der Waals surface area contributed by atoms with Crippen LogP contribution in [0.25, 0.3) is 0 Å². The molecule has 0 saturated heterocycles. The summed E-state index contributed by atoms with van der Waals surface area (Å²) in [5.41, 5.74) is 0. The normalized spacial score (nSPS) is 13.9. The van der Waals surface area contributed by atoms with Crippen LogP contribution in [0.1, 0.15) is 129 Å². The smallest absolute Gasteiger partial charge is 0.748 e. The van der Waals surface area contributed by atoms with Gasteiger partial charge in [-0.2, -0.15) is 0 Å². The second-order valence-corrected chi connectivity index (χ2v) is 9.93. The summed E-state index contributed by atoms with van der Waals surface area (Å²) in [6.07, 6.45) is 18.8. The average Bonchev–Trinajstić information content (AvgIpc) is 2.59. The van der Waals surface area contributed by atoms with E-state index in [1.807, 2.05) is 6.92 Å². The average molecular weight is 429 g/mol. The predicted molar refractivity (Wildman–Crippen MR) is 114 cm³/mol. The van der Waals surface area contributed by atoms with E-state index in [9.17, 15) is 18.1 Å². The molecule has 0 aliphatic heterocycles. The summed E-state index contributed by atoms with van der Waals surface area (Å²) in [5.74, 6) is 0. The largest absolute Gasteiger partial charge is 1.00 e. The third kappa shape index (κ3) is 21.6. The first kappa shape index (κ1) is 31.1. The van der Waals surface area contributed by atoms with Crippen molar-refractivity contribution in [2.45, 2.75) is 141 Å². The quantitative estimate of drug-likeness (QED) is 0.183. The van der Waals surface area contributed by atoms with Gasteiger partial charge in [-0.25, -0.2) is 8.42 Å². The zero-order valence-electron chi connectivity index (χ0n) is 19.0. The topological polar surface area (TPSA) is 77.4 Å². The summed E-state index contributed by atoms with van der Waals surface area (Å²) in [6, 6.07) is 0. The van der Waals surface area contributed by atoms with Gasteiger partial charge in [0, 0.05) is 5.25 Å². The molecule has 4 nitrogen and oxygen atoms in total. The molecule has 0 aliphatic carbocycles. The van der Waals surface area contributed by atoms with Gasteiger partial charge in [0.25, 0.3) is 0 Å². The van der Waals surface area contributed by atoms with Crippen LogP contribution in [0.4, 0.5) is 0 Å². The van der Waals surface area contributed by atoms with Crippen molar-refractivity contribution in [1.82, 2.24) is 0 Å². The van der Waals surface area contributed by atoms with E-state index >= 15 is 0 Å². The zero-order valence-corrected chi connectivity index (χ0v) is 21.8. The van der Waals surface area contributed by atoms with Crippen LogP contribution in [0, 0.1) is 0 Å². The van der Waals surface area contributed by atoms with Gasteiger partial charge in [-0.1, -0.05) is 103 Å². The van der Waals surface area contributed by atoms with Crippen LogP contribution in [0.3, 0.4) is 0 Å². The van der Waals surface area contributed by atoms with Gasteiger partial charge in [0.15, 0.2) is 0 Å². The van der Waals surface area contributed by atoms with Gasteiger partial charge >= 0.3 is 29.6 Å². The van der Waals surface area contributed by atoms with Crippen molar-refractivity contribution < 1.29 is 47.6 Å². The van der Waals surface area contributed by atoms with E-state index in [2.05, 4.69) is 6.92 Å². The molecule has 0 aromatic carbocycles. The molecule has 0 amide bonds. The van der Waals surface area contributed by atoms with E-state index in [4.69, 9.17) is 0 Å². The number of hydrogen-bond donors (Lipinski definition) is 1. The molecule has 0 spiro atoms. The Hall–Kier alpha value is 0.870. The molecule has 0 aromatic rings. The van der Waals surface area contributed by atoms with Crippen LogP contribution in [0.5, 0.6) is 0 Å². The molecule has 0 saturated carbocycles. The summed E-state index contributed by atoms with van der Waals surface area (Å²) in [7, 11) is -4.15. The molecular formula is C22H45NaO4S. The van der Waals surface area contributed by atoms with Crippen molar-refractivity contribution >= 4 is 10.1 Å². The molecule has 2 unspecified atom stereocenters. The summed E-state index contributed by atoms with van der Waals surface area (Å²) >= 11 is 0. The maximum Gasteiger partial charge on any atom is 1.00 e. The minimum absolute atomic E-state index is 0. The molecule has 6 heteroatoms. The Morgan fingerprint density at radius 3 is 1.32 bits per heavy atom. The van der Waals surface area contributed by atoms with Crippen molar-refractivity contribution in [2.75, 3.05) is 0 Å². The number of hydrogen-bond acceptors (Lipinski definition) is 4. The van der Waals surface area contributed by atoms with Crippen molar-refractivity contribution in [3.8, 4) is 0 Å². The fourth-order valence-electron chi connectivity index (χ4n) is 3.63. The van der Waals surface area contributed by atoms with Crippen molar-refractivity contribution in [2.24, 2.45) is 0 Å². The minimum atomic E-state index is -4.15. The van der Waals surface area contributed by atoms with Crippen LogP contribution in [-0.2, 0) is 10.1 Å². The second kappa shape index (κ2) is 21.1. The second-order valence-electron chi connectivity index (χ2n) is 8.28. The maximum atomic E-state index is 11.5. The van der Waals surface area contributed by atoms with Crippen LogP contribution in [-0.4, -0.2) is 29.4 Å². The van der Waals surface area contributed by atoms with E-state index in [-0.39, 0.29) is 35.7 Å². The first-order chi connectivity index (χ1) is 12.9. The van der Waals surface area contributed by atoms with Gasteiger partial charge in [-0.05, 0) is 26.2 Å². The molecule has 1 N–H and O–H groups in total. The fraction of sp³-hybridized carbons (Fsp3) is 1.00. The van der Waals surface area contributed by atoms with E-state index in [0.717, 1.165) is 51.4 Å². The summed E-state index contributed by atoms with van der Waals surface area (Å²) in [4.78, 5) is 0. The molecule has 0 radical (unpaired) electrons. The third-order valence-corrected chi connectivity index (χ3v) is 6.72. The van der Waals surface area contributed by atoms with E-state index in [0.29, 0.717) is 12.8 Å². The molecular weight excluding hydrogens is 383 g/mol. The monoisotopic (exact) mass is 428 g/mol. The van der Waals surface area contributed by atoms with Gasteiger partial charge in [-0.3, -0.25) is 0 Å². The van der Waals surface area contributed by atoms with Crippen molar-refractivity contribution in [3.63, 3.8) is 0 Å². The van der Waals surface area contributed by atoms with Gasteiger partial charge in [0.2, 0.25) is 0 Å². The van der Waals surface area contributed by atoms with Crippen LogP contribution in [0.15, 0.2) is 0 Å². The summed E-state index contributed by atoms with van der Waals surface area (Å²) in [5, 5.41) is 8.53. The summed E-state index contributed by atoms with van der Waals surface area (Å²) in [6.45, 7) is 4.02. The van der Waals surface area contributed by atoms with E-state index in [1.54, 1.807) is 0 Å². The van der Waals surface area contributed by atoms with Gasteiger partial charge in [-0.15, -0.1) is 0 Å². The molecule has 0 aliphatic rings. The third-order valence-electron chi connectivity index (χ3n) is 5.44. The Morgan fingerprint density at radius 1 is 0.679 bits per heavy atom. The number of aliphatic hydroxyl groups is 1. The Bertz CT molecular complexity index is 413. The Kier molecular flexibility index (Phi) is 23.4. The fourth-order valence-corrected chi connectivity index (χ4v) is 4.55. The van der Waals surface area contributed by atoms with Gasteiger partial charge in [0.1, 0.15) is 0 Å². The standard InChI is InChI=1S/C22H46O4S.Na/c1-3-4-5-6-13-16-19-22(27(24,25)26)20-17-14-11-9-7-8-10-12-15-18-21(2)23;/h21-23H,3-20H2,1-2H3,(H,24,25,26);/q;+1/p-1. The van der Waals surface area contributed by atoms with Crippen molar-refractivity contribution in [1.29, 1.82) is 0 Å². The van der Waals surface area contributed by atoms with Crippen LogP contribution >= 0.6 is 0 Å². The van der Waals surface area contributed by atoms with E-state index < -0.39 is 15.4 Å². The number of rotatable bonds is 20. The SMILES string of the molecule is CCCCCCCCC(CCCCCCCCCCCC(C)O)S(=O)(=O)[O-].[Na+]. The van der Waals surface area contributed by atoms with E-state index in [1.165, 1.54) is 51.4 Å². The predicted octanol–water partition coefficient (Wildman–Crippen LogP) is 3.33. The minimum Gasteiger partial charge on any atom is -0.748 e. The first-order valence-corrected chi connectivity index (χ1v) is 13.0. The number of unbranched alkanes of at least 4 members (excludes halogenated alkanes) is 13. The molecule has 0 heterocycles. The van der Waals surface area contributed by atoms with Gasteiger partial charge in [0.05, 0.1) is 16.2 Å². The van der Waals surface area contributed by atoms with Gasteiger partial charge < -0.3 is 9.66 Å². The maximum absolute atomic E-state index is 11.5. The molecule has 28 heavy (non-hydrogen) atoms. The van der Waals surface area contributed by atoms with Crippen LogP contribution < -0.4 is 29.6 Å². The molecule has 0 aromatic heterocycles. The zero-order chi connectivity index (χ0) is 20.4. The Labute approximate surface area is 197 Å². The Morgan fingerprint density at radius 2 is 1.00 bits per heavy atom.